The molecule has 3 nitrogen and oxygen atoms in total. The van der Waals surface area contributed by atoms with Gasteiger partial charge in [-0.15, -0.1) is 0 Å². The fourth-order valence-electron chi connectivity index (χ4n) is 1.23. The number of hydrogen-bond acceptors (Lipinski definition) is 2. The predicted octanol–water partition coefficient (Wildman–Crippen LogP) is 1.90. The molecule has 0 aliphatic carbocycles. The lowest BCUT2D eigenvalue weighted by Gasteiger charge is -2.05. The van der Waals surface area contributed by atoms with Gasteiger partial charge < -0.3 is 10.6 Å². The van der Waals surface area contributed by atoms with Gasteiger partial charge in [0, 0.05) is 24.7 Å². The summed E-state index contributed by atoms with van der Waals surface area (Å²) >= 11 is 0. The number of amides is 1. The van der Waals surface area contributed by atoms with Crippen molar-refractivity contribution in [2.45, 2.75) is 13.3 Å². The third kappa shape index (κ3) is 4.35. The Morgan fingerprint density at radius 3 is 2.44 bits per heavy atom. The summed E-state index contributed by atoms with van der Waals surface area (Å²) in [5, 5.41) is 5.40. The maximum absolute atomic E-state index is 12.8. The summed E-state index contributed by atoms with van der Waals surface area (Å²) in [5.74, 6) is -1.69. The highest BCUT2D eigenvalue weighted by Gasteiger charge is 2.04. The van der Waals surface area contributed by atoms with Gasteiger partial charge in [0.05, 0.1) is 0 Å². The summed E-state index contributed by atoms with van der Waals surface area (Å²) in [4.78, 5) is 11.3. The average molecular weight is 228 g/mol. The van der Waals surface area contributed by atoms with Crippen LogP contribution in [0, 0.1) is 11.6 Å². The average Bonchev–Trinajstić information content (AvgIpc) is 2.16. The maximum Gasteiger partial charge on any atom is 0.225 e. The zero-order valence-corrected chi connectivity index (χ0v) is 9.02. The van der Waals surface area contributed by atoms with Gasteiger partial charge in [-0.05, 0) is 18.7 Å². The summed E-state index contributed by atoms with van der Waals surface area (Å²) < 4.78 is 25.6. The highest BCUT2D eigenvalue weighted by Crippen LogP contribution is 2.12. The first kappa shape index (κ1) is 12.6. The van der Waals surface area contributed by atoms with E-state index in [0.29, 0.717) is 6.54 Å². The van der Waals surface area contributed by atoms with Crippen LogP contribution >= 0.6 is 0 Å². The molecular weight excluding hydrogens is 214 g/mol. The predicted molar refractivity (Wildman–Crippen MR) is 58.1 cm³/mol. The molecule has 5 heteroatoms. The van der Waals surface area contributed by atoms with Crippen LogP contribution in [-0.4, -0.2) is 19.0 Å². The van der Waals surface area contributed by atoms with E-state index in [-0.39, 0.29) is 18.0 Å². The van der Waals surface area contributed by atoms with Crippen molar-refractivity contribution in [1.29, 1.82) is 0 Å². The molecule has 88 valence electrons. The summed E-state index contributed by atoms with van der Waals surface area (Å²) in [7, 11) is 0. The van der Waals surface area contributed by atoms with Gasteiger partial charge in [0.2, 0.25) is 5.91 Å². The molecule has 1 rings (SSSR count). The monoisotopic (exact) mass is 228 g/mol. The van der Waals surface area contributed by atoms with Gasteiger partial charge >= 0.3 is 0 Å². The molecule has 0 aromatic heterocycles. The van der Waals surface area contributed by atoms with E-state index in [9.17, 15) is 13.6 Å². The van der Waals surface area contributed by atoms with Crippen molar-refractivity contribution in [3.05, 3.63) is 29.8 Å². The molecular formula is C11H14F2N2O. The second-order valence-corrected chi connectivity index (χ2v) is 3.31. The van der Waals surface area contributed by atoms with Crippen LogP contribution in [0.15, 0.2) is 18.2 Å². The fraction of sp³-hybridized carbons (Fsp3) is 0.364. The van der Waals surface area contributed by atoms with Crippen LogP contribution in [0.1, 0.15) is 13.3 Å². The highest BCUT2D eigenvalue weighted by molar-refractivity contribution is 5.90. The van der Waals surface area contributed by atoms with E-state index in [2.05, 4.69) is 10.6 Å². The Morgan fingerprint density at radius 2 is 1.88 bits per heavy atom. The smallest absolute Gasteiger partial charge is 0.225 e. The summed E-state index contributed by atoms with van der Waals surface area (Å²) in [6.07, 6.45) is 0.270. The number of nitrogens with one attached hydrogen (secondary N) is 2. The number of hydrogen-bond donors (Lipinski definition) is 2. The lowest BCUT2D eigenvalue weighted by molar-refractivity contribution is -0.116. The van der Waals surface area contributed by atoms with Crippen LogP contribution in [0.3, 0.4) is 0 Å². The maximum atomic E-state index is 12.8. The molecule has 2 N–H and O–H groups in total. The standard InChI is InChI=1S/C11H14F2N2O/c1-2-14-4-3-11(16)15-10-6-8(12)5-9(13)7-10/h5-7,14H,2-4H2,1H3,(H,15,16). The van der Waals surface area contributed by atoms with Gasteiger partial charge in [-0.3, -0.25) is 4.79 Å². The zero-order valence-electron chi connectivity index (χ0n) is 9.02. The molecule has 0 bridgehead atoms. The van der Waals surface area contributed by atoms with E-state index in [1.54, 1.807) is 0 Å². The van der Waals surface area contributed by atoms with Crippen molar-refractivity contribution in [3.8, 4) is 0 Å². The van der Waals surface area contributed by atoms with Crippen LogP contribution < -0.4 is 10.6 Å². The SMILES string of the molecule is CCNCCC(=O)Nc1cc(F)cc(F)c1. The first-order valence-electron chi connectivity index (χ1n) is 5.08. The molecule has 1 amide bonds. The largest absolute Gasteiger partial charge is 0.326 e. The van der Waals surface area contributed by atoms with Crippen molar-refractivity contribution < 1.29 is 13.6 Å². The number of benzene rings is 1. The zero-order chi connectivity index (χ0) is 12.0. The van der Waals surface area contributed by atoms with E-state index in [4.69, 9.17) is 0 Å². The molecule has 1 aromatic rings. The Hall–Kier alpha value is -1.49. The summed E-state index contributed by atoms with van der Waals surface area (Å²) in [5.41, 5.74) is 0.138. The third-order valence-corrected chi connectivity index (χ3v) is 1.93. The Kier molecular flexibility index (Phi) is 4.85. The topological polar surface area (TPSA) is 41.1 Å². The molecule has 0 aliphatic rings. The first-order valence-corrected chi connectivity index (χ1v) is 5.08. The second kappa shape index (κ2) is 6.17. The molecule has 0 unspecified atom stereocenters. The minimum atomic E-state index is -0.706. The molecule has 0 aliphatic heterocycles. The van der Waals surface area contributed by atoms with Crippen LogP contribution in [0.25, 0.3) is 0 Å². The van der Waals surface area contributed by atoms with Crippen LogP contribution in [0.5, 0.6) is 0 Å². The van der Waals surface area contributed by atoms with Gasteiger partial charge in [0.15, 0.2) is 0 Å². The van der Waals surface area contributed by atoms with Crippen LogP contribution in [0.2, 0.25) is 0 Å². The minimum absolute atomic E-state index is 0.138. The van der Waals surface area contributed by atoms with Gasteiger partial charge in [0.1, 0.15) is 11.6 Å². The van der Waals surface area contributed by atoms with Crippen molar-refractivity contribution in [1.82, 2.24) is 5.32 Å². The quantitative estimate of drug-likeness (QED) is 0.756. The molecule has 0 fully saturated rings. The van der Waals surface area contributed by atoms with Crippen LogP contribution in [0.4, 0.5) is 14.5 Å². The number of anilines is 1. The lowest BCUT2D eigenvalue weighted by atomic mass is 10.3. The Labute approximate surface area is 92.8 Å². The molecule has 0 atom stereocenters. The summed E-state index contributed by atoms with van der Waals surface area (Å²) in [6.45, 7) is 3.25. The minimum Gasteiger partial charge on any atom is -0.326 e. The molecule has 0 radical (unpaired) electrons. The normalized spacial score (nSPS) is 10.2. The van der Waals surface area contributed by atoms with Crippen LogP contribution in [-0.2, 0) is 4.79 Å². The molecule has 0 spiro atoms. The number of halogens is 2. The van der Waals surface area contributed by atoms with Crippen molar-refractivity contribution >= 4 is 11.6 Å². The van der Waals surface area contributed by atoms with E-state index in [1.807, 2.05) is 6.92 Å². The van der Waals surface area contributed by atoms with E-state index >= 15 is 0 Å². The third-order valence-electron chi connectivity index (χ3n) is 1.93. The van der Waals surface area contributed by atoms with E-state index in [1.165, 1.54) is 0 Å². The van der Waals surface area contributed by atoms with Gasteiger partial charge in [-0.1, -0.05) is 6.92 Å². The Balaban J connectivity index is 2.49. The van der Waals surface area contributed by atoms with Gasteiger partial charge in [-0.25, -0.2) is 8.78 Å². The lowest BCUT2D eigenvalue weighted by Crippen LogP contribution is -2.21. The van der Waals surface area contributed by atoms with E-state index < -0.39 is 11.6 Å². The van der Waals surface area contributed by atoms with Crippen molar-refractivity contribution in [2.24, 2.45) is 0 Å². The van der Waals surface area contributed by atoms with Gasteiger partial charge in [0.25, 0.3) is 0 Å². The summed E-state index contributed by atoms with van der Waals surface area (Å²) in [6, 6.07) is 2.91. The molecule has 1 aromatic carbocycles. The number of carbonyl (C=O) groups is 1. The Bertz CT molecular complexity index is 349. The molecule has 0 heterocycles. The molecule has 0 saturated carbocycles. The molecule has 0 saturated heterocycles. The number of carbonyl (C=O) groups excluding carboxylic acids is 1. The van der Waals surface area contributed by atoms with Crippen molar-refractivity contribution in [2.75, 3.05) is 18.4 Å². The second-order valence-electron chi connectivity index (χ2n) is 3.31. The first-order chi connectivity index (χ1) is 7.61. The van der Waals surface area contributed by atoms with Crippen molar-refractivity contribution in [3.63, 3.8) is 0 Å². The van der Waals surface area contributed by atoms with Gasteiger partial charge in [-0.2, -0.15) is 0 Å². The Morgan fingerprint density at radius 1 is 1.25 bits per heavy atom. The molecule has 16 heavy (non-hydrogen) atoms. The fourth-order valence-corrected chi connectivity index (χ4v) is 1.23. The number of rotatable bonds is 5. The van der Waals surface area contributed by atoms with E-state index in [0.717, 1.165) is 24.7 Å². The highest BCUT2D eigenvalue weighted by atomic mass is 19.1.